The number of halogens is 3. The first kappa shape index (κ1) is 9.63. The molecule has 3 nitrogen and oxygen atoms in total. The maximum Gasteiger partial charge on any atom is 0.304 e. The summed E-state index contributed by atoms with van der Waals surface area (Å²) in [7, 11) is 0. The van der Waals surface area contributed by atoms with Crippen molar-refractivity contribution in [2.45, 2.75) is 12.8 Å². The van der Waals surface area contributed by atoms with Crippen molar-refractivity contribution in [1.29, 1.82) is 0 Å². The molecule has 1 heterocycles. The van der Waals surface area contributed by atoms with E-state index < -0.39 is 12.8 Å². The smallest absolute Gasteiger partial charge is 0.304 e. The normalized spacial score (nSPS) is 12.9. The van der Waals surface area contributed by atoms with Crippen molar-refractivity contribution in [2.24, 2.45) is 0 Å². The van der Waals surface area contributed by atoms with E-state index in [0.29, 0.717) is 0 Å². The zero-order chi connectivity index (χ0) is 9.84. The van der Waals surface area contributed by atoms with Crippen molar-refractivity contribution < 1.29 is 17.9 Å². The lowest BCUT2D eigenvalue weighted by Crippen LogP contribution is -2.20. The monoisotopic (exact) mass is 192 g/mol. The Hall–Kier alpha value is -1.46. The standard InChI is InChI=1S/C7H7F3N2O/c8-6(9)7(10)13-5-3-1-2-4(11)12-5/h1-3,6-7H,(H2,11,12). The van der Waals surface area contributed by atoms with Gasteiger partial charge in [-0.25, -0.2) is 8.78 Å². The van der Waals surface area contributed by atoms with Crippen LogP contribution in [0.2, 0.25) is 0 Å². The zero-order valence-corrected chi connectivity index (χ0v) is 6.45. The average molecular weight is 192 g/mol. The molecule has 13 heavy (non-hydrogen) atoms. The van der Waals surface area contributed by atoms with Crippen LogP contribution >= 0.6 is 0 Å². The van der Waals surface area contributed by atoms with Crippen LogP contribution < -0.4 is 10.5 Å². The Morgan fingerprint density at radius 3 is 2.54 bits per heavy atom. The Morgan fingerprint density at radius 2 is 2.00 bits per heavy atom. The van der Waals surface area contributed by atoms with E-state index in [4.69, 9.17) is 5.73 Å². The van der Waals surface area contributed by atoms with Crippen LogP contribution in [0.4, 0.5) is 19.0 Å². The van der Waals surface area contributed by atoms with Gasteiger partial charge in [-0.1, -0.05) is 6.07 Å². The number of nitrogen functional groups attached to an aromatic ring is 1. The van der Waals surface area contributed by atoms with E-state index in [0.717, 1.165) is 0 Å². The third-order valence-corrected chi connectivity index (χ3v) is 1.18. The van der Waals surface area contributed by atoms with E-state index in [1.165, 1.54) is 18.2 Å². The summed E-state index contributed by atoms with van der Waals surface area (Å²) in [6.07, 6.45) is -5.86. The van der Waals surface area contributed by atoms with Gasteiger partial charge in [0.25, 0.3) is 6.36 Å². The highest BCUT2D eigenvalue weighted by molar-refractivity contribution is 5.31. The van der Waals surface area contributed by atoms with Gasteiger partial charge in [-0.05, 0) is 6.07 Å². The van der Waals surface area contributed by atoms with Gasteiger partial charge in [-0.15, -0.1) is 0 Å². The van der Waals surface area contributed by atoms with Crippen LogP contribution in [0.15, 0.2) is 18.2 Å². The topological polar surface area (TPSA) is 48.1 Å². The lowest BCUT2D eigenvalue weighted by atomic mass is 10.4. The Morgan fingerprint density at radius 1 is 1.31 bits per heavy atom. The molecule has 0 amide bonds. The molecule has 0 bridgehead atoms. The summed E-state index contributed by atoms with van der Waals surface area (Å²) in [5.74, 6) is -0.174. The van der Waals surface area contributed by atoms with Gasteiger partial charge < -0.3 is 10.5 Å². The summed E-state index contributed by atoms with van der Waals surface area (Å²) < 4.78 is 39.7. The van der Waals surface area contributed by atoms with Crippen molar-refractivity contribution in [3.63, 3.8) is 0 Å². The molecular formula is C7H7F3N2O. The fourth-order valence-electron chi connectivity index (χ4n) is 0.663. The molecule has 1 aromatic rings. The quantitative estimate of drug-likeness (QED) is 0.791. The van der Waals surface area contributed by atoms with Crippen LogP contribution in [-0.2, 0) is 0 Å². The SMILES string of the molecule is Nc1cccc(OC(F)C(F)F)n1. The second kappa shape index (κ2) is 3.97. The van der Waals surface area contributed by atoms with Gasteiger partial charge in [0, 0.05) is 6.07 Å². The molecule has 1 aromatic heterocycles. The first-order valence-electron chi connectivity index (χ1n) is 3.41. The highest BCUT2D eigenvalue weighted by Crippen LogP contribution is 2.14. The van der Waals surface area contributed by atoms with E-state index >= 15 is 0 Å². The number of aromatic nitrogens is 1. The third kappa shape index (κ3) is 2.81. The maximum atomic E-state index is 12.3. The predicted octanol–water partition coefficient (Wildman–Crippen LogP) is 1.60. The third-order valence-electron chi connectivity index (χ3n) is 1.18. The zero-order valence-electron chi connectivity index (χ0n) is 6.45. The van der Waals surface area contributed by atoms with Gasteiger partial charge >= 0.3 is 6.43 Å². The Balaban J connectivity index is 2.64. The first-order chi connectivity index (χ1) is 6.09. The van der Waals surface area contributed by atoms with Gasteiger partial charge in [-0.2, -0.15) is 9.37 Å². The number of alkyl halides is 3. The summed E-state index contributed by atoms with van der Waals surface area (Å²) in [6, 6.07) is 4.10. The molecule has 0 fully saturated rings. The summed E-state index contributed by atoms with van der Waals surface area (Å²) in [5.41, 5.74) is 5.21. The van der Waals surface area contributed by atoms with Gasteiger partial charge in [-0.3, -0.25) is 0 Å². The molecule has 6 heteroatoms. The molecule has 1 unspecified atom stereocenters. The fraction of sp³-hybridized carbons (Fsp3) is 0.286. The average Bonchev–Trinajstić information content (AvgIpc) is 2.04. The number of ether oxygens (including phenoxy) is 1. The fourth-order valence-corrected chi connectivity index (χ4v) is 0.663. The highest BCUT2D eigenvalue weighted by atomic mass is 19.3. The largest absolute Gasteiger partial charge is 0.437 e. The Bertz CT molecular complexity index is 282. The number of nitrogens with two attached hydrogens (primary N) is 1. The summed E-state index contributed by atoms with van der Waals surface area (Å²) in [6.45, 7) is 0. The second-order valence-electron chi connectivity index (χ2n) is 2.20. The van der Waals surface area contributed by atoms with Crippen molar-refractivity contribution in [3.05, 3.63) is 18.2 Å². The van der Waals surface area contributed by atoms with Crippen molar-refractivity contribution >= 4 is 5.82 Å². The first-order valence-corrected chi connectivity index (χ1v) is 3.41. The van der Waals surface area contributed by atoms with Crippen LogP contribution in [0.3, 0.4) is 0 Å². The van der Waals surface area contributed by atoms with Crippen LogP contribution in [0.1, 0.15) is 0 Å². The van der Waals surface area contributed by atoms with E-state index in [2.05, 4.69) is 9.72 Å². The van der Waals surface area contributed by atoms with Crippen LogP contribution in [0.5, 0.6) is 5.88 Å². The number of rotatable bonds is 3. The van der Waals surface area contributed by atoms with Gasteiger partial charge in [0.15, 0.2) is 0 Å². The van der Waals surface area contributed by atoms with Gasteiger partial charge in [0.2, 0.25) is 5.88 Å². The van der Waals surface area contributed by atoms with E-state index in [-0.39, 0.29) is 11.7 Å². The Kier molecular flexibility index (Phi) is 2.94. The minimum absolute atomic E-state index is 0.0824. The molecule has 0 spiro atoms. The minimum atomic E-state index is -3.19. The predicted molar refractivity (Wildman–Crippen MR) is 40.2 cm³/mol. The van der Waals surface area contributed by atoms with Crippen molar-refractivity contribution in [1.82, 2.24) is 4.98 Å². The molecule has 0 aliphatic carbocycles. The van der Waals surface area contributed by atoms with Crippen LogP contribution in [0.25, 0.3) is 0 Å². The molecular weight excluding hydrogens is 185 g/mol. The number of anilines is 1. The summed E-state index contributed by atoms with van der Waals surface area (Å²) >= 11 is 0. The molecule has 1 rings (SSSR count). The molecule has 0 saturated carbocycles. The van der Waals surface area contributed by atoms with Crippen molar-refractivity contribution in [2.75, 3.05) is 5.73 Å². The molecule has 0 aromatic carbocycles. The van der Waals surface area contributed by atoms with E-state index in [1.807, 2.05) is 0 Å². The van der Waals surface area contributed by atoms with Crippen LogP contribution in [0, 0.1) is 0 Å². The highest BCUT2D eigenvalue weighted by Gasteiger charge is 2.21. The molecule has 2 N–H and O–H groups in total. The molecule has 72 valence electrons. The molecule has 0 radical (unpaired) electrons. The minimum Gasteiger partial charge on any atom is -0.437 e. The van der Waals surface area contributed by atoms with Gasteiger partial charge in [0.1, 0.15) is 5.82 Å². The Labute approximate surface area is 72.3 Å². The molecule has 0 saturated heterocycles. The number of hydrogen-bond acceptors (Lipinski definition) is 3. The molecule has 1 atom stereocenters. The second-order valence-corrected chi connectivity index (χ2v) is 2.20. The van der Waals surface area contributed by atoms with E-state index in [1.54, 1.807) is 0 Å². The number of pyridine rings is 1. The summed E-state index contributed by atoms with van der Waals surface area (Å²) in [5, 5.41) is 0. The van der Waals surface area contributed by atoms with Crippen molar-refractivity contribution in [3.8, 4) is 5.88 Å². The number of hydrogen-bond donors (Lipinski definition) is 1. The number of nitrogens with zero attached hydrogens (tertiary/aromatic N) is 1. The lowest BCUT2D eigenvalue weighted by molar-refractivity contribution is -0.0689. The maximum absolute atomic E-state index is 12.3. The van der Waals surface area contributed by atoms with E-state index in [9.17, 15) is 13.2 Å². The lowest BCUT2D eigenvalue weighted by Gasteiger charge is -2.08. The molecule has 0 aliphatic rings. The van der Waals surface area contributed by atoms with Crippen LogP contribution in [-0.4, -0.2) is 17.8 Å². The molecule has 0 aliphatic heterocycles. The summed E-state index contributed by atoms with van der Waals surface area (Å²) in [4.78, 5) is 3.48. The van der Waals surface area contributed by atoms with Gasteiger partial charge in [0.05, 0.1) is 0 Å².